The number of hydrogen-bond acceptors (Lipinski definition) is 2. The molecule has 0 unspecified atom stereocenters. The molecule has 0 atom stereocenters. The zero-order valence-electron chi connectivity index (χ0n) is 7.99. The molecule has 3 heterocycles. The number of hydrogen-bond donors (Lipinski definition) is 1. The van der Waals surface area contributed by atoms with Gasteiger partial charge in [0.15, 0.2) is 0 Å². The summed E-state index contributed by atoms with van der Waals surface area (Å²) in [5.74, 6) is 0. The van der Waals surface area contributed by atoms with Crippen LogP contribution in [-0.4, -0.2) is 9.55 Å². The lowest BCUT2D eigenvalue weighted by Crippen LogP contribution is -2.12. The van der Waals surface area contributed by atoms with Gasteiger partial charge >= 0.3 is 0 Å². The standard InChI is InChI=1S/C11H11N3/c1-14-10-6-12-4-2-8(10)9-3-5-13-7-11(9)14/h2-6,13H,7H2,1H3. The Labute approximate surface area is 82.1 Å². The minimum absolute atomic E-state index is 0.900. The Hall–Kier alpha value is -1.77. The third-order valence-corrected chi connectivity index (χ3v) is 2.80. The van der Waals surface area contributed by atoms with Gasteiger partial charge in [-0.3, -0.25) is 4.98 Å². The van der Waals surface area contributed by atoms with Gasteiger partial charge in [-0.05, 0) is 18.3 Å². The van der Waals surface area contributed by atoms with Gasteiger partial charge in [-0.25, -0.2) is 0 Å². The van der Waals surface area contributed by atoms with E-state index in [1.807, 2.05) is 18.6 Å². The molecule has 14 heavy (non-hydrogen) atoms. The average Bonchev–Trinajstić information content (AvgIpc) is 2.55. The van der Waals surface area contributed by atoms with Gasteiger partial charge in [0, 0.05) is 29.9 Å². The largest absolute Gasteiger partial charge is 0.385 e. The summed E-state index contributed by atoms with van der Waals surface area (Å²) in [5, 5.41) is 4.51. The van der Waals surface area contributed by atoms with Crippen LogP contribution in [0.15, 0.2) is 24.7 Å². The van der Waals surface area contributed by atoms with Crippen LogP contribution in [0.25, 0.3) is 17.0 Å². The number of aromatic nitrogens is 2. The van der Waals surface area contributed by atoms with Crippen molar-refractivity contribution in [3.8, 4) is 0 Å². The fraction of sp³-hybridized carbons (Fsp3) is 0.182. The zero-order valence-corrected chi connectivity index (χ0v) is 7.99. The Morgan fingerprint density at radius 2 is 2.43 bits per heavy atom. The molecule has 2 aromatic heterocycles. The van der Waals surface area contributed by atoms with Crippen LogP contribution in [0.2, 0.25) is 0 Å². The Morgan fingerprint density at radius 1 is 1.50 bits per heavy atom. The molecular weight excluding hydrogens is 174 g/mol. The summed E-state index contributed by atoms with van der Waals surface area (Å²) in [6, 6.07) is 2.07. The monoisotopic (exact) mass is 185 g/mol. The van der Waals surface area contributed by atoms with Crippen LogP contribution in [0, 0.1) is 0 Å². The summed E-state index contributed by atoms with van der Waals surface area (Å²) >= 11 is 0. The molecule has 3 nitrogen and oxygen atoms in total. The summed E-state index contributed by atoms with van der Waals surface area (Å²) < 4.78 is 2.20. The van der Waals surface area contributed by atoms with E-state index in [1.54, 1.807) is 0 Å². The van der Waals surface area contributed by atoms with Crippen LogP contribution in [0.3, 0.4) is 0 Å². The molecule has 3 rings (SSSR count). The van der Waals surface area contributed by atoms with E-state index < -0.39 is 0 Å². The van der Waals surface area contributed by atoms with Gasteiger partial charge in [0.1, 0.15) is 0 Å². The minimum atomic E-state index is 0.900. The van der Waals surface area contributed by atoms with Crippen molar-refractivity contribution >= 4 is 17.0 Å². The van der Waals surface area contributed by atoms with Gasteiger partial charge in [0.05, 0.1) is 18.3 Å². The fourth-order valence-electron chi connectivity index (χ4n) is 2.06. The number of nitrogens with zero attached hydrogens (tertiary/aromatic N) is 2. The second kappa shape index (κ2) is 2.61. The predicted octanol–water partition coefficient (Wildman–Crippen LogP) is 1.65. The molecule has 0 saturated heterocycles. The van der Waals surface area contributed by atoms with Crippen LogP contribution in [0.5, 0.6) is 0 Å². The number of aryl methyl sites for hydroxylation is 1. The van der Waals surface area contributed by atoms with Crippen molar-refractivity contribution in [2.45, 2.75) is 6.54 Å². The van der Waals surface area contributed by atoms with Crippen LogP contribution in [-0.2, 0) is 13.6 Å². The molecule has 0 spiro atoms. The molecule has 0 aromatic carbocycles. The normalized spacial score (nSPS) is 14.1. The summed E-state index contributed by atoms with van der Waals surface area (Å²) in [6.07, 6.45) is 7.89. The average molecular weight is 185 g/mol. The van der Waals surface area contributed by atoms with Crippen LogP contribution in [0.1, 0.15) is 11.3 Å². The highest BCUT2D eigenvalue weighted by Crippen LogP contribution is 2.27. The lowest BCUT2D eigenvalue weighted by atomic mass is 10.1. The van der Waals surface area contributed by atoms with E-state index in [0.717, 1.165) is 6.54 Å². The molecule has 0 saturated carbocycles. The maximum atomic E-state index is 4.15. The lowest BCUT2D eigenvalue weighted by molar-refractivity contribution is 0.765. The topological polar surface area (TPSA) is 29.9 Å². The van der Waals surface area contributed by atoms with Gasteiger partial charge in [-0.15, -0.1) is 0 Å². The van der Waals surface area contributed by atoms with Crippen molar-refractivity contribution in [2.75, 3.05) is 0 Å². The summed E-state index contributed by atoms with van der Waals surface area (Å²) in [4.78, 5) is 4.15. The van der Waals surface area contributed by atoms with E-state index in [-0.39, 0.29) is 0 Å². The van der Waals surface area contributed by atoms with E-state index in [0.29, 0.717) is 0 Å². The molecule has 1 aliphatic heterocycles. The molecule has 0 fully saturated rings. The lowest BCUT2D eigenvalue weighted by Gasteiger charge is -2.09. The first-order chi connectivity index (χ1) is 6.88. The molecule has 0 aliphatic carbocycles. The van der Waals surface area contributed by atoms with E-state index >= 15 is 0 Å². The van der Waals surface area contributed by atoms with E-state index in [1.165, 1.54) is 22.2 Å². The maximum Gasteiger partial charge on any atom is 0.0673 e. The van der Waals surface area contributed by atoms with Gasteiger partial charge in [-0.2, -0.15) is 0 Å². The van der Waals surface area contributed by atoms with E-state index in [4.69, 9.17) is 0 Å². The van der Waals surface area contributed by atoms with Crippen LogP contribution >= 0.6 is 0 Å². The fourth-order valence-corrected chi connectivity index (χ4v) is 2.06. The molecule has 0 radical (unpaired) electrons. The van der Waals surface area contributed by atoms with Crippen LogP contribution < -0.4 is 5.32 Å². The Kier molecular flexibility index (Phi) is 1.42. The zero-order chi connectivity index (χ0) is 9.54. The Balaban J connectivity index is 2.48. The molecule has 0 amide bonds. The highest BCUT2D eigenvalue weighted by molar-refractivity contribution is 5.91. The second-order valence-corrected chi connectivity index (χ2v) is 3.53. The number of pyridine rings is 1. The molecule has 2 aromatic rings. The molecule has 3 heteroatoms. The van der Waals surface area contributed by atoms with Crippen molar-refractivity contribution in [2.24, 2.45) is 7.05 Å². The second-order valence-electron chi connectivity index (χ2n) is 3.53. The molecule has 1 aliphatic rings. The van der Waals surface area contributed by atoms with Crippen molar-refractivity contribution in [1.29, 1.82) is 0 Å². The van der Waals surface area contributed by atoms with Gasteiger partial charge in [0.25, 0.3) is 0 Å². The summed E-state index contributed by atoms with van der Waals surface area (Å²) in [5.41, 5.74) is 3.85. The summed E-state index contributed by atoms with van der Waals surface area (Å²) in [7, 11) is 2.09. The minimum Gasteiger partial charge on any atom is -0.385 e. The smallest absolute Gasteiger partial charge is 0.0673 e. The first kappa shape index (κ1) is 7.62. The number of fused-ring (bicyclic) bond motifs is 3. The quantitative estimate of drug-likeness (QED) is 0.676. The van der Waals surface area contributed by atoms with E-state index in [9.17, 15) is 0 Å². The van der Waals surface area contributed by atoms with Crippen molar-refractivity contribution in [1.82, 2.24) is 14.9 Å². The third-order valence-electron chi connectivity index (χ3n) is 2.80. The van der Waals surface area contributed by atoms with Crippen LogP contribution in [0.4, 0.5) is 0 Å². The Morgan fingerprint density at radius 3 is 3.36 bits per heavy atom. The Bertz CT molecular complexity index is 523. The molecular formula is C11H11N3. The predicted molar refractivity (Wildman–Crippen MR) is 56.6 cm³/mol. The van der Waals surface area contributed by atoms with Gasteiger partial charge < -0.3 is 9.88 Å². The van der Waals surface area contributed by atoms with E-state index in [2.05, 4.69) is 34.1 Å². The SMILES string of the molecule is Cn1c2c(c3ccncc31)C=CNC2. The van der Waals surface area contributed by atoms with Gasteiger partial charge in [-0.1, -0.05) is 0 Å². The van der Waals surface area contributed by atoms with Gasteiger partial charge in [0.2, 0.25) is 0 Å². The van der Waals surface area contributed by atoms with Crippen molar-refractivity contribution in [3.05, 3.63) is 35.9 Å². The number of nitrogens with one attached hydrogen (secondary N) is 1. The van der Waals surface area contributed by atoms with Crippen molar-refractivity contribution < 1.29 is 0 Å². The highest BCUT2D eigenvalue weighted by atomic mass is 15.0. The third kappa shape index (κ3) is 0.839. The van der Waals surface area contributed by atoms with Crippen molar-refractivity contribution in [3.63, 3.8) is 0 Å². The molecule has 70 valence electrons. The summed E-state index contributed by atoms with van der Waals surface area (Å²) in [6.45, 7) is 0.900. The number of rotatable bonds is 0. The first-order valence-electron chi connectivity index (χ1n) is 4.69. The first-order valence-corrected chi connectivity index (χ1v) is 4.69. The molecule has 0 bridgehead atoms. The molecule has 1 N–H and O–H groups in total. The maximum absolute atomic E-state index is 4.15. The highest BCUT2D eigenvalue weighted by Gasteiger charge is 2.14.